The molecule has 0 saturated carbocycles. The molecular formula is C60H105NO10. The maximum Gasteiger partial charge on any atom is 0.306 e. The summed E-state index contributed by atoms with van der Waals surface area (Å²) in [6.45, 7) is 5.60. The van der Waals surface area contributed by atoms with E-state index in [1.807, 2.05) is 24.3 Å². The van der Waals surface area contributed by atoms with Gasteiger partial charge in [0.05, 0.1) is 25.4 Å². The molecule has 1 aliphatic heterocycles. The Labute approximate surface area is 432 Å². The maximum atomic E-state index is 13.4. The Morgan fingerprint density at radius 3 is 1.65 bits per heavy atom. The minimum atomic E-state index is -1.62. The van der Waals surface area contributed by atoms with E-state index in [-0.39, 0.29) is 19.4 Å². The van der Waals surface area contributed by atoms with Crippen LogP contribution in [0.3, 0.4) is 0 Å². The molecule has 1 aliphatic rings. The molecule has 0 radical (unpaired) electrons. The van der Waals surface area contributed by atoms with E-state index in [4.69, 9.17) is 14.2 Å². The number of carbonyl (C=O) groups excluding carboxylic acids is 2. The van der Waals surface area contributed by atoms with Crippen LogP contribution in [0.25, 0.3) is 0 Å². The monoisotopic (exact) mass is 1000 g/mol. The molecular weight excluding hydrogens is 895 g/mol. The van der Waals surface area contributed by atoms with Crippen LogP contribution in [0.2, 0.25) is 0 Å². The molecule has 0 aromatic rings. The van der Waals surface area contributed by atoms with Crippen molar-refractivity contribution in [3.05, 3.63) is 72.9 Å². The number of esters is 1. The lowest BCUT2D eigenvalue weighted by Crippen LogP contribution is -2.61. The number of nitrogens with one attached hydrogen (secondary N) is 1. The van der Waals surface area contributed by atoms with Gasteiger partial charge in [0.1, 0.15) is 24.4 Å². The third-order valence-corrected chi connectivity index (χ3v) is 13.2. The maximum absolute atomic E-state index is 13.4. The molecule has 1 rings (SSSR count). The SMILES string of the molecule is CC/C=C/C=C/C=C\CCCCCCCC(=O)OC1C(OCC(NC(=O)C(O)CCCCCCCC/C=C\C/C=C\CCCCC)C(O)/C=C/CCCCCCCCCCCCC)OC(CO)C(O)C1O. The predicted molar refractivity (Wildman–Crippen MR) is 292 cm³/mol. The molecule has 71 heavy (non-hydrogen) atoms. The van der Waals surface area contributed by atoms with Gasteiger partial charge in [0.2, 0.25) is 5.91 Å². The van der Waals surface area contributed by atoms with Gasteiger partial charge in [-0.05, 0) is 77.0 Å². The summed E-state index contributed by atoms with van der Waals surface area (Å²) in [6, 6.07) is -1.03. The van der Waals surface area contributed by atoms with Gasteiger partial charge in [-0.3, -0.25) is 9.59 Å². The Morgan fingerprint density at radius 1 is 0.577 bits per heavy atom. The van der Waals surface area contributed by atoms with Gasteiger partial charge in [-0.15, -0.1) is 0 Å². The summed E-state index contributed by atoms with van der Waals surface area (Å²) < 4.78 is 17.5. The molecule has 8 unspecified atom stereocenters. The number of rotatable bonds is 47. The van der Waals surface area contributed by atoms with E-state index < -0.39 is 67.4 Å². The summed E-state index contributed by atoms with van der Waals surface area (Å²) in [5.74, 6) is -1.23. The number of carbonyl (C=O) groups is 2. The minimum Gasteiger partial charge on any atom is -0.454 e. The van der Waals surface area contributed by atoms with Crippen LogP contribution in [0.1, 0.15) is 233 Å². The first kappa shape index (κ1) is 66.1. The zero-order valence-electron chi connectivity index (χ0n) is 45.1. The van der Waals surface area contributed by atoms with Crippen molar-refractivity contribution in [2.45, 2.75) is 282 Å². The standard InChI is InChI=1S/C60H105NO10/c1-4-7-10-13-16-19-22-25-26-27-30-32-35-38-41-44-47-53(64)59(68)61-51(52(63)46-43-40-37-34-31-28-23-20-17-14-11-8-5-2)50-69-60-58(57(67)56(66)54(49-62)70-60)71-55(65)48-45-42-39-36-33-29-24-21-18-15-12-9-6-3/h9,12,15-16,18-19,21,24-26,43,46,51-54,56-58,60,62-64,66-67H,4-8,10-11,13-14,17,20,22-23,27-42,44-45,47-50H2,1-3H3,(H,61,68)/b12-9+,18-15+,19-16-,24-21-,26-25-,46-43+. The van der Waals surface area contributed by atoms with Crippen LogP contribution in [0.4, 0.5) is 0 Å². The van der Waals surface area contributed by atoms with Crippen molar-refractivity contribution in [1.82, 2.24) is 5.32 Å². The van der Waals surface area contributed by atoms with Crippen molar-refractivity contribution < 1.29 is 49.3 Å². The van der Waals surface area contributed by atoms with Gasteiger partial charge in [0, 0.05) is 6.42 Å². The number of amides is 1. The molecule has 0 aromatic carbocycles. The molecule has 0 spiro atoms. The van der Waals surface area contributed by atoms with Crippen molar-refractivity contribution in [1.29, 1.82) is 0 Å². The molecule has 1 saturated heterocycles. The smallest absolute Gasteiger partial charge is 0.306 e. The second-order valence-electron chi connectivity index (χ2n) is 19.7. The van der Waals surface area contributed by atoms with E-state index in [1.54, 1.807) is 6.08 Å². The van der Waals surface area contributed by atoms with Crippen molar-refractivity contribution in [2.24, 2.45) is 0 Å². The van der Waals surface area contributed by atoms with Crippen LogP contribution in [0.5, 0.6) is 0 Å². The lowest BCUT2D eigenvalue weighted by atomic mass is 9.99. The number of allylic oxidation sites excluding steroid dienone is 11. The largest absolute Gasteiger partial charge is 0.454 e. The van der Waals surface area contributed by atoms with E-state index in [0.29, 0.717) is 12.8 Å². The number of ether oxygens (including phenoxy) is 3. The third-order valence-electron chi connectivity index (χ3n) is 13.2. The Hall–Kier alpha value is -2.90. The van der Waals surface area contributed by atoms with Crippen LogP contribution in [-0.2, 0) is 23.8 Å². The molecule has 11 heteroatoms. The lowest BCUT2D eigenvalue weighted by Gasteiger charge is -2.41. The van der Waals surface area contributed by atoms with Crippen molar-refractivity contribution in [3.63, 3.8) is 0 Å². The zero-order chi connectivity index (χ0) is 51.8. The molecule has 11 nitrogen and oxygen atoms in total. The van der Waals surface area contributed by atoms with E-state index in [9.17, 15) is 35.1 Å². The number of hydrogen-bond acceptors (Lipinski definition) is 10. The van der Waals surface area contributed by atoms with Gasteiger partial charge in [-0.2, -0.15) is 0 Å². The van der Waals surface area contributed by atoms with Crippen molar-refractivity contribution >= 4 is 11.9 Å². The van der Waals surface area contributed by atoms with E-state index in [0.717, 1.165) is 103 Å². The summed E-state index contributed by atoms with van der Waals surface area (Å²) in [5, 5.41) is 56.8. The number of hydrogen-bond donors (Lipinski definition) is 6. The Kier molecular flexibility index (Phi) is 44.8. The van der Waals surface area contributed by atoms with Gasteiger partial charge in [0.25, 0.3) is 0 Å². The summed E-state index contributed by atoms with van der Waals surface area (Å²) in [5.41, 5.74) is 0. The first-order valence-electron chi connectivity index (χ1n) is 28.7. The molecule has 410 valence electrons. The molecule has 1 fully saturated rings. The Balaban J connectivity index is 2.76. The summed E-state index contributed by atoms with van der Waals surface area (Å²) in [7, 11) is 0. The van der Waals surface area contributed by atoms with Crippen LogP contribution in [0, 0.1) is 0 Å². The first-order valence-corrected chi connectivity index (χ1v) is 28.7. The average molecular weight is 1000 g/mol. The molecule has 0 aromatic heterocycles. The molecule has 1 heterocycles. The normalized spacial score (nSPS) is 20.1. The third kappa shape index (κ3) is 36.6. The van der Waals surface area contributed by atoms with Gasteiger partial charge in [-0.1, -0.05) is 222 Å². The molecule has 6 N–H and O–H groups in total. The minimum absolute atomic E-state index is 0.0970. The second kappa shape index (κ2) is 48.1. The summed E-state index contributed by atoms with van der Waals surface area (Å²) in [6.07, 6.45) is 49.4. The highest BCUT2D eigenvalue weighted by Gasteiger charge is 2.47. The molecule has 0 aliphatic carbocycles. The van der Waals surface area contributed by atoms with Gasteiger partial charge in [-0.25, -0.2) is 0 Å². The topological polar surface area (TPSA) is 175 Å². The Morgan fingerprint density at radius 2 is 1.07 bits per heavy atom. The van der Waals surface area contributed by atoms with E-state index >= 15 is 0 Å². The summed E-state index contributed by atoms with van der Waals surface area (Å²) >= 11 is 0. The van der Waals surface area contributed by atoms with Gasteiger partial charge in [0.15, 0.2) is 12.4 Å². The van der Waals surface area contributed by atoms with Crippen LogP contribution >= 0.6 is 0 Å². The molecule has 8 atom stereocenters. The van der Waals surface area contributed by atoms with E-state index in [1.165, 1.54) is 83.5 Å². The van der Waals surface area contributed by atoms with Crippen LogP contribution < -0.4 is 5.32 Å². The highest BCUT2D eigenvalue weighted by molar-refractivity contribution is 5.80. The highest BCUT2D eigenvalue weighted by Crippen LogP contribution is 2.26. The predicted octanol–water partition coefficient (Wildman–Crippen LogP) is 12.8. The number of aliphatic hydroxyl groups excluding tert-OH is 5. The van der Waals surface area contributed by atoms with Gasteiger partial charge >= 0.3 is 5.97 Å². The lowest BCUT2D eigenvalue weighted by molar-refractivity contribution is -0.305. The Bertz CT molecular complexity index is 1430. The number of aliphatic hydroxyl groups is 5. The molecule has 0 bridgehead atoms. The van der Waals surface area contributed by atoms with Crippen molar-refractivity contribution in [3.8, 4) is 0 Å². The fourth-order valence-corrected chi connectivity index (χ4v) is 8.56. The van der Waals surface area contributed by atoms with Crippen molar-refractivity contribution in [2.75, 3.05) is 13.2 Å². The fraction of sp³-hybridized carbons (Fsp3) is 0.767. The van der Waals surface area contributed by atoms with Gasteiger partial charge < -0.3 is 45.1 Å². The highest BCUT2D eigenvalue weighted by atomic mass is 16.7. The summed E-state index contributed by atoms with van der Waals surface area (Å²) in [4.78, 5) is 26.4. The second-order valence-corrected chi connectivity index (χ2v) is 19.7. The first-order chi connectivity index (χ1) is 34.7. The van der Waals surface area contributed by atoms with Crippen LogP contribution in [0.15, 0.2) is 72.9 Å². The fourth-order valence-electron chi connectivity index (χ4n) is 8.56. The van der Waals surface area contributed by atoms with Crippen LogP contribution in [-0.4, -0.2) is 99.6 Å². The average Bonchev–Trinajstić information content (AvgIpc) is 3.37. The molecule has 1 amide bonds. The quantitative estimate of drug-likeness (QED) is 0.0149. The number of unbranched alkanes of at least 4 members (excludes halogenated alkanes) is 25. The zero-order valence-corrected chi connectivity index (χ0v) is 45.1. The van der Waals surface area contributed by atoms with E-state index in [2.05, 4.69) is 68.6 Å².